The molecular weight excluding hydrogens is 511 g/mol. The summed E-state index contributed by atoms with van der Waals surface area (Å²) in [5.41, 5.74) is 2.79. The third-order valence-electron chi connectivity index (χ3n) is 6.02. The van der Waals surface area contributed by atoms with Crippen molar-refractivity contribution in [3.8, 4) is 0 Å². The van der Waals surface area contributed by atoms with Crippen LogP contribution < -0.4 is 9.34 Å². The van der Waals surface area contributed by atoms with E-state index in [0.717, 1.165) is 21.4 Å². The molecule has 1 aliphatic heterocycles. The van der Waals surface area contributed by atoms with E-state index >= 15 is 0 Å². The van der Waals surface area contributed by atoms with E-state index in [2.05, 4.69) is 22.5 Å². The molecule has 1 atom stereocenters. The SMILES string of the molecule is C=C(C(Cc1ccc(Br)cc1)C(=O)OCC)[P+]1(O)N(c2ccccc2)CCN1c1ccccc1. The van der Waals surface area contributed by atoms with Crippen LogP contribution >= 0.6 is 23.7 Å². The standard InChI is InChI=1S/C27H29BrN2O3P/c1-3-33-27(31)26(20-22-14-16-23(28)17-15-22)21(2)34(32)29(24-10-6-4-7-11-24)18-19-30(34)25-12-8-5-9-13-25/h4-17,26,32H,2-3,18-20H2,1H3/q+1. The van der Waals surface area contributed by atoms with Crippen molar-refractivity contribution >= 4 is 41.1 Å². The molecule has 34 heavy (non-hydrogen) atoms. The van der Waals surface area contributed by atoms with Crippen molar-refractivity contribution in [2.75, 3.05) is 29.0 Å². The third kappa shape index (κ3) is 4.90. The van der Waals surface area contributed by atoms with E-state index < -0.39 is 13.7 Å². The predicted octanol–water partition coefficient (Wildman–Crippen LogP) is 6.47. The first kappa shape index (κ1) is 24.5. The van der Waals surface area contributed by atoms with Gasteiger partial charge < -0.3 is 4.74 Å². The van der Waals surface area contributed by atoms with Crippen molar-refractivity contribution in [1.29, 1.82) is 0 Å². The number of ether oxygens (including phenoxy) is 1. The minimum Gasteiger partial charge on any atom is -0.465 e. The van der Waals surface area contributed by atoms with Gasteiger partial charge in [0.1, 0.15) is 5.92 Å². The summed E-state index contributed by atoms with van der Waals surface area (Å²) in [5, 5.41) is 0.499. The summed E-state index contributed by atoms with van der Waals surface area (Å²) < 4.78 is 10.5. The van der Waals surface area contributed by atoms with E-state index in [0.29, 0.717) is 24.8 Å². The topological polar surface area (TPSA) is 53.0 Å². The number of para-hydroxylation sites is 2. The van der Waals surface area contributed by atoms with Gasteiger partial charge in [0.05, 0.1) is 31.1 Å². The summed E-state index contributed by atoms with van der Waals surface area (Å²) in [6.07, 6.45) is 0.401. The number of esters is 1. The normalized spacial score (nSPS) is 15.7. The van der Waals surface area contributed by atoms with E-state index in [1.165, 1.54) is 0 Å². The average Bonchev–Trinajstić information content (AvgIpc) is 3.22. The van der Waals surface area contributed by atoms with Crippen molar-refractivity contribution in [3.63, 3.8) is 0 Å². The molecule has 3 aromatic rings. The lowest BCUT2D eigenvalue weighted by Gasteiger charge is -2.34. The van der Waals surface area contributed by atoms with Crippen LogP contribution in [-0.4, -0.2) is 30.6 Å². The molecule has 0 aliphatic carbocycles. The second-order valence-electron chi connectivity index (χ2n) is 8.11. The molecule has 0 bridgehead atoms. The van der Waals surface area contributed by atoms with Crippen LogP contribution in [0.25, 0.3) is 0 Å². The van der Waals surface area contributed by atoms with Gasteiger partial charge in [-0.25, -0.2) is 0 Å². The number of carbonyl (C=O) groups is 1. The number of hydrogen-bond acceptors (Lipinski definition) is 5. The molecule has 0 amide bonds. The van der Waals surface area contributed by atoms with Gasteiger partial charge in [0.25, 0.3) is 0 Å². The second-order valence-corrected chi connectivity index (χ2v) is 11.7. The summed E-state index contributed by atoms with van der Waals surface area (Å²) in [6.45, 7) is 7.69. The molecule has 5 nitrogen and oxygen atoms in total. The Labute approximate surface area is 210 Å². The van der Waals surface area contributed by atoms with E-state index in [1.54, 1.807) is 6.92 Å². The summed E-state index contributed by atoms with van der Waals surface area (Å²) in [4.78, 5) is 25.8. The number of benzene rings is 3. The van der Waals surface area contributed by atoms with Gasteiger partial charge >= 0.3 is 13.8 Å². The number of anilines is 2. The lowest BCUT2D eigenvalue weighted by molar-refractivity contribution is -0.146. The first-order chi connectivity index (χ1) is 16.4. The fraction of sp³-hybridized carbons (Fsp3) is 0.222. The molecule has 1 heterocycles. The first-order valence-corrected chi connectivity index (χ1v) is 13.8. The highest BCUT2D eigenvalue weighted by Gasteiger charge is 2.61. The Morgan fingerprint density at radius 2 is 1.47 bits per heavy atom. The van der Waals surface area contributed by atoms with Crippen LogP contribution in [-0.2, 0) is 16.0 Å². The van der Waals surface area contributed by atoms with Gasteiger partial charge in [-0.05, 0) is 55.3 Å². The number of carbonyl (C=O) groups excluding carboxylic acids is 1. The van der Waals surface area contributed by atoms with Crippen molar-refractivity contribution in [3.05, 3.63) is 107 Å². The van der Waals surface area contributed by atoms with Crippen LogP contribution in [0, 0.1) is 5.92 Å². The van der Waals surface area contributed by atoms with Gasteiger partial charge in [0, 0.05) is 4.47 Å². The van der Waals surface area contributed by atoms with Crippen molar-refractivity contribution < 1.29 is 14.4 Å². The molecule has 7 heteroatoms. The van der Waals surface area contributed by atoms with Gasteiger partial charge in [-0.1, -0.05) is 71.0 Å². The lowest BCUT2D eigenvalue weighted by Crippen LogP contribution is -2.32. The summed E-state index contributed by atoms with van der Waals surface area (Å²) in [6, 6.07) is 27.5. The Morgan fingerprint density at radius 1 is 0.971 bits per heavy atom. The smallest absolute Gasteiger partial charge is 0.362 e. The van der Waals surface area contributed by atoms with E-state index in [4.69, 9.17) is 4.74 Å². The Kier molecular flexibility index (Phi) is 7.72. The zero-order chi connectivity index (χ0) is 24.1. The Hall–Kier alpha value is -2.66. The number of halogens is 1. The Balaban J connectivity index is 1.78. The summed E-state index contributed by atoms with van der Waals surface area (Å²) >= 11 is 3.47. The average molecular weight is 540 g/mol. The van der Waals surface area contributed by atoms with Crippen molar-refractivity contribution in [1.82, 2.24) is 0 Å². The maximum Gasteiger partial charge on any atom is 0.362 e. The minimum absolute atomic E-state index is 0.268. The minimum atomic E-state index is -3.19. The third-order valence-corrected chi connectivity index (χ3v) is 9.84. The lowest BCUT2D eigenvalue weighted by atomic mass is 9.99. The van der Waals surface area contributed by atoms with Crippen LogP contribution in [0.1, 0.15) is 12.5 Å². The highest BCUT2D eigenvalue weighted by atomic mass is 79.9. The highest BCUT2D eigenvalue weighted by Crippen LogP contribution is 2.73. The van der Waals surface area contributed by atoms with E-state index in [9.17, 15) is 9.69 Å². The molecule has 4 rings (SSSR count). The van der Waals surface area contributed by atoms with Gasteiger partial charge in [0.15, 0.2) is 5.31 Å². The molecule has 3 aromatic carbocycles. The van der Waals surface area contributed by atoms with E-state index in [1.807, 2.05) is 94.3 Å². The number of rotatable bonds is 8. The molecule has 1 unspecified atom stereocenters. The van der Waals surface area contributed by atoms with Crippen LogP contribution in [0.5, 0.6) is 0 Å². The van der Waals surface area contributed by atoms with Crippen molar-refractivity contribution in [2.24, 2.45) is 5.92 Å². The molecule has 176 valence electrons. The molecular formula is C27H29BrN2O3P+. The van der Waals surface area contributed by atoms with Crippen molar-refractivity contribution in [2.45, 2.75) is 13.3 Å². The van der Waals surface area contributed by atoms with Crippen LogP contribution in [0.2, 0.25) is 0 Å². The molecule has 0 saturated carbocycles. The van der Waals surface area contributed by atoms with E-state index in [-0.39, 0.29) is 12.6 Å². The molecule has 1 fully saturated rings. The molecule has 1 N–H and O–H groups in total. The van der Waals surface area contributed by atoms with Crippen LogP contribution in [0.15, 0.2) is 101 Å². The number of hydrogen-bond donors (Lipinski definition) is 1. The monoisotopic (exact) mass is 539 g/mol. The van der Waals surface area contributed by atoms with Crippen LogP contribution in [0.3, 0.4) is 0 Å². The van der Waals surface area contributed by atoms with Gasteiger partial charge in [-0.2, -0.15) is 14.2 Å². The van der Waals surface area contributed by atoms with Gasteiger partial charge in [-0.3, -0.25) is 4.79 Å². The van der Waals surface area contributed by atoms with Crippen LogP contribution in [0.4, 0.5) is 11.4 Å². The fourth-order valence-electron chi connectivity index (χ4n) is 4.33. The zero-order valence-corrected chi connectivity index (χ0v) is 21.7. The quantitative estimate of drug-likeness (QED) is 0.262. The summed E-state index contributed by atoms with van der Waals surface area (Å²) in [7, 11) is -3.19. The maximum absolute atomic E-state index is 13.2. The largest absolute Gasteiger partial charge is 0.465 e. The van der Waals surface area contributed by atoms with Gasteiger partial charge in [0.2, 0.25) is 0 Å². The zero-order valence-electron chi connectivity index (χ0n) is 19.2. The highest BCUT2D eigenvalue weighted by molar-refractivity contribution is 9.10. The fourth-order valence-corrected chi connectivity index (χ4v) is 7.74. The summed E-state index contributed by atoms with van der Waals surface area (Å²) in [5.74, 6) is -1.05. The molecule has 0 aromatic heterocycles. The molecule has 0 radical (unpaired) electrons. The Morgan fingerprint density at radius 3 is 1.94 bits per heavy atom. The van der Waals surface area contributed by atoms with Gasteiger partial charge in [-0.15, -0.1) is 0 Å². The molecule has 0 spiro atoms. The molecule has 1 aliphatic rings. The number of nitrogens with zero attached hydrogens (tertiary/aromatic N) is 2. The first-order valence-electron chi connectivity index (χ1n) is 11.3. The second kappa shape index (κ2) is 10.7. The Bertz CT molecular complexity index is 1080. The maximum atomic E-state index is 13.2. The predicted molar refractivity (Wildman–Crippen MR) is 144 cm³/mol. The molecule has 1 saturated heterocycles.